The second-order valence-corrected chi connectivity index (χ2v) is 7.07. The predicted molar refractivity (Wildman–Crippen MR) is 105 cm³/mol. The van der Waals surface area contributed by atoms with Gasteiger partial charge in [0, 0.05) is 44.5 Å². The molecule has 3 rings (SSSR count). The molecule has 0 aliphatic carbocycles. The quantitative estimate of drug-likeness (QED) is 0.846. The van der Waals surface area contributed by atoms with Crippen molar-refractivity contribution < 1.29 is 9.90 Å². The summed E-state index contributed by atoms with van der Waals surface area (Å²) in [4.78, 5) is 17.1. The second kappa shape index (κ2) is 8.43. The lowest BCUT2D eigenvalue weighted by Gasteiger charge is -2.37. The van der Waals surface area contributed by atoms with Crippen molar-refractivity contribution >= 4 is 23.2 Å². The first-order chi connectivity index (χ1) is 12.5. The smallest absolute Gasteiger partial charge is 0.253 e. The normalized spacial score (nSPS) is 16.3. The van der Waals surface area contributed by atoms with Crippen molar-refractivity contribution in [2.24, 2.45) is 0 Å². The second-order valence-electron chi connectivity index (χ2n) is 6.66. The largest absolute Gasteiger partial charge is 0.508 e. The Hall–Kier alpha value is -2.24. The molecule has 1 aliphatic rings. The molecule has 1 heterocycles. The molecular weight excluding hydrogens is 350 g/mol. The van der Waals surface area contributed by atoms with Gasteiger partial charge in [-0.05, 0) is 37.3 Å². The highest BCUT2D eigenvalue weighted by atomic mass is 35.5. The number of phenols is 1. The molecular formula is C20H24ClN3O2. The van der Waals surface area contributed by atoms with Gasteiger partial charge in [-0.3, -0.25) is 9.69 Å². The number of para-hydroxylation sites is 1. The SMILES string of the molecule is CC(CN1CCN(c2ccccc2)CC1)NC(=O)c1cc(O)ccc1Cl. The van der Waals surface area contributed by atoms with E-state index in [2.05, 4.69) is 39.4 Å². The minimum Gasteiger partial charge on any atom is -0.508 e. The van der Waals surface area contributed by atoms with E-state index < -0.39 is 0 Å². The molecule has 138 valence electrons. The van der Waals surface area contributed by atoms with Gasteiger partial charge in [0.05, 0.1) is 10.6 Å². The van der Waals surface area contributed by atoms with E-state index in [1.165, 1.54) is 23.9 Å². The minimum atomic E-state index is -0.263. The summed E-state index contributed by atoms with van der Waals surface area (Å²) in [6.07, 6.45) is 0. The summed E-state index contributed by atoms with van der Waals surface area (Å²) in [6.45, 7) is 6.64. The Kier molecular flexibility index (Phi) is 6.01. The van der Waals surface area contributed by atoms with E-state index in [9.17, 15) is 9.90 Å². The molecule has 1 atom stereocenters. The topological polar surface area (TPSA) is 55.8 Å². The lowest BCUT2D eigenvalue weighted by Crippen LogP contribution is -2.50. The molecule has 1 aliphatic heterocycles. The fraction of sp³-hybridized carbons (Fsp3) is 0.350. The van der Waals surface area contributed by atoms with Gasteiger partial charge in [0.15, 0.2) is 0 Å². The first-order valence-electron chi connectivity index (χ1n) is 8.84. The molecule has 5 nitrogen and oxygen atoms in total. The van der Waals surface area contributed by atoms with Crippen molar-refractivity contribution in [3.05, 3.63) is 59.1 Å². The first-order valence-corrected chi connectivity index (χ1v) is 9.22. The van der Waals surface area contributed by atoms with Crippen LogP contribution in [0.3, 0.4) is 0 Å². The molecule has 0 bridgehead atoms. The highest BCUT2D eigenvalue weighted by Gasteiger charge is 2.20. The van der Waals surface area contributed by atoms with Gasteiger partial charge in [0.2, 0.25) is 0 Å². The monoisotopic (exact) mass is 373 g/mol. The molecule has 0 aromatic heterocycles. The van der Waals surface area contributed by atoms with Gasteiger partial charge in [-0.1, -0.05) is 29.8 Å². The average Bonchev–Trinajstić information content (AvgIpc) is 2.65. The highest BCUT2D eigenvalue weighted by Crippen LogP contribution is 2.21. The van der Waals surface area contributed by atoms with Gasteiger partial charge in [0.1, 0.15) is 5.75 Å². The molecule has 2 aromatic rings. The molecule has 2 aromatic carbocycles. The fourth-order valence-electron chi connectivity index (χ4n) is 3.25. The standard InChI is InChI=1S/C20H24ClN3O2/c1-15(22-20(26)18-13-17(25)7-8-19(18)21)14-23-9-11-24(12-10-23)16-5-3-2-4-6-16/h2-8,13,15,25H,9-12,14H2,1H3,(H,22,26). The fourth-order valence-corrected chi connectivity index (χ4v) is 3.45. The number of nitrogens with one attached hydrogen (secondary N) is 1. The lowest BCUT2D eigenvalue weighted by molar-refractivity contribution is 0.0928. The number of piperazine rings is 1. The van der Waals surface area contributed by atoms with Crippen LogP contribution in [0, 0.1) is 0 Å². The molecule has 1 unspecified atom stereocenters. The van der Waals surface area contributed by atoms with Crippen LogP contribution in [0.1, 0.15) is 17.3 Å². The van der Waals surface area contributed by atoms with E-state index in [1.807, 2.05) is 13.0 Å². The van der Waals surface area contributed by atoms with Crippen LogP contribution in [-0.4, -0.2) is 54.7 Å². The number of rotatable bonds is 5. The van der Waals surface area contributed by atoms with Crippen molar-refractivity contribution in [2.75, 3.05) is 37.6 Å². The third kappa shape index (κ3) is 4.68. The molecule has 2 N–H and O–H groups in total. The van der Waals surface area contributed by atoms with Crippen LogP contribution >= 0.6 is 11.6 Å². The maximum Gasteiger partial charge on any atom is 0.253 e. The van der Waals surface area contributed by atoms with Gasteiger partial charge in [-0.15, -0.1) is 0 Å². The van der Waals surface area contributed by atoms with E-state index >= 15 is 0 Å². The van der Waals surface area contributed by atoms with Crippen molar-refractivity contribution in [1.29, 1.82) is 0 Å². The number of benzene rings is 2. The van der Waals surface area contributed by atoms with Crippen LogP contribution in [0.4, 0.5) is 5.69 Å². The Labute approximate surface area is 159 Å². The van der Waals surface area contributed by atoms with Crippen LogP contribution < -0.4 is 10.2 Å². The number of nitrogens with zero attached hydrogens (tertiary/aromatic N) is 2. The molecule has 0 spiro atoms. The third-order valence-corrected chi connectivity index (χ3v) is 4.93. The zero-order valence-electron chi connectivity index (χ0n) is 14.9. The Morgan fingerprint density at radius 1 is 1.15 bits per heavy atom. The summed E-state index contributed by atoms with van der Waals surface area (Å²) in [7, 11) is 0. The zero-order chi connectivity index (χ0) is 18.5. The third-order valence-electron chi connectivity index (χ3n) is 4.60. The van der Waals surface area contributed by atoms with E-state index in [4.69, 9.17) is 11.6 Å². The van der Waals surface area contributed by atoms with Crippen LogP contribution in [0.2, 0.25) is 5.02 Å². The minimum absolute atomic E-state index is 0.0100. The Bertz CT molecular complexity index is 746. The van der Waals surface area contributed by atoms with Crippen LogP contribution in [0.5, 0.6) is 5.75 Å². The number of carbonyl (C=O) groups excluding carboxylic acids is 1. The van der Waals surface area contributed by atoms with Gasteiger partial charge in [-0.25, -0.2) is 0 Å². The van der Waals surface area contributed by atoms with Crippen molar-refractivity contribution in [2.45, 2.75) is 13.0 Å². The molecule has 1 fully saturated rings. The summed E-state index contributed by atoms with van der Waals surface area (Å²) < 4.78 is 0. The molecule has 26 heavy (non-hydrogen) atoms. The summed E-state index contributed by atoms with van der Waals surface area (Å²) in [6, 6.07) is 14.8. The number of hydrogen-bond donors (Lipinski definition) is 2. The van der Waals surface area contributed by atoms with E-state index in [0.717, 1.165) is 32.7 Å². The van der Waals surface area contributed by atoms with Gasteiger partial charge in [0.25, 0.3) is 5.91 Å². The lowest BCUT2D eigenvalue weighted by atomic mass is 10.1. The summed E-state index contributed by atoms with van der Waals surface area (Å²) in [5.74, 6) is -0.231. The van der Waals surface area contributed by atoms with Crippen molar-refractivity contribution in [3.8, 4) is 5.75 Å². The number of aromatic hydroxyl groups is 1. The Balaban J connectivity index is 1.49. The van der Waals surface area contributed by atoms with Gasteiger partial charge in [-0.2, -0.15) is 0 Å². The maximum absolute atomic E-state index is 12.4. The van der Waals surface area contributed by atoms with Crippen molar-refractivity contribution in [1.82, 2.24) is 10.2 Å². The molecule has 0 radical (unpaired) electrons. The number of phenolic OH excluding ortho intramolecular Hbond substituents is 1. The highest BCUT2D eigenvalue weighted by molar-refractivity contribution is 6.33. The Morgan fingerprint density at radius 3 is 2.54 bits per heavy atom. The number of halogens is 1. The van der Waals surface area contributed by atoms with E-state index in [1.54, 1.807) is 0 Å². The molecule has 1 amide bonds. The number of carbonyl (C=O) groups is 1. The number of hydrogen-bond acceptors (Lipinski definition) is 4. The number of anilines is 1. The van der Waals surface area contributed by atoms with E-state index in [0.29, 0.717) is 10.6 Å². The van der Waals surface area contributed by atoms with Gasteiger partial charge >= 0.3 is 0 Å². The molecule has 6 heteroatoms. The Morgan fingerprint density at radius 2 is 1.85 bits per heavy atom. The van der Waals surface area contributed by atoms with Crippen LogP contribution in [0.25, 0.3) is 0 Å². The predicted octanol–water partition coefficient (Wildman–Crippen LogP) is 2.99. The first kappa shape index (κ1) is 18.5. The number of amides is 1. The van der Waals surface area contributed by atoms with Gasteiger partial charge < -0.3 is 15.3 Å². The van der Waals surface area contributed by atoms with Crippen molar-refractivity contribution in [3.63, 3.8) is 0 Å². The summed E-state index contributed by atoms with van der Waals surface area (Å²) in [5.41, 5.74) is 1.56. The van der Waals surface area contributed by atoms with E-state index in [-0.39, 0.29) is 17.7 Å². The average molecular weight is 374 g/mol. The molecule has 1 saturated heterocycles. The maximum atomic E-state index is 12.4. The molecule has 0 saturated carbocycles. The summed E-state index contributed by atoms with van der Waals surface area (Å²) >= 11 is 6.05. The van der Waals surface area contributed by atoms with Crippen LogP contribution in [0.15, 0.2) is 48.5 Å². The zero-order valence-corrected chi connectivity index (χ0v) is 15.6. The van der Waals surface area contributed by atoms with Crippen LogP contribution in [-0.2, 0) is 0 Å². The summed E-state index contributed by atoms with van der Waals surface area (Å²) in [5, 5.41) is 12.9.